The van der Waals surface area contributed by atoms with Gasteiger partial charge in [-0.3, -0.25) is 4.79 Å². The summed E-state index contributed by atoms with van der Waals surface area (Å²) in [5, 5.41) is 26.4. The molecule has 268 valence electrons. The molecule has 15 nitrogen and oxygen atoms in total. The number of likely N-dealkylation sites (N-methyl/N-ethyl adjacent to an activating group) is 1. The molecule has 0 saturated carbocycles. The van der Waals surface area contributed by atoms with Crippen LogP contribution in [-0.4, -0.2) is 94.8 Å². The molecule has 3 heterocycles. The zero-order chi connectivity index (χ0) is 35.8. The second kappa shape index (κ2) is 16.7. The summed E-state index contributed by atoms with van der Waals surface area (Å²) in [5.74, 6) is 0.711. The van der Waals surface area contributed by atoms with E-state index in [0.29, 0.717) is 58.7 Å². The number of aliphatic hydroxyl groups excluding tert-OH is 1. The average molecular weight is 684 g/mol. The monoisotopic (exact) mass is 683 g/mol. The van der Waals surface area contributed by atoms with Gasteiger partial charge in [-0.2, -0.15) is 0 Å². The van der Waals surface area contributed by atoms with Gasteiger partial charge in [-0.05, 0) is 79.0 Å². The number of aryl methyl sites for hydroxylation is 4. The van der Waals surface area contributed by atoms with Crippen molar-refractivity contribution in [3.05, 3.63) is 46.7 Å². The minimum atomic E-state index is -0.561. The molecule has 2 aromatic heterocycles. The lowest BCUT2D eigenvalue weighted by molar-refractivity contribution is -0.0115. The maximum atomic E-state index is 14.4. The molecular formula is C34H49N7O8. The zero-order valence-corrected chi connectivity index (χ0v) is 29.6. The lowest BCUT2D eigenvalue weighted by atomic mass is 10.0. The summed E-state index contributed by atoms with van der Waals surface area (Å²) in [4.78, 5) is 43.6. The van der Waals surface area contributed by atoms with Crippen molar-refractivity contribution in [3.8, 4) is 5.75 Å². The molecule has 0 bridgehead atoms. The van der Waals surface area contributed by atoms with Crippen molar-refractivity contribution < 1.29 is 38.0 Å². The van der Waals surface area contributed by atoms with E-state index >= 15 is 0 Å². The summed E-state index contributed by atoms with van der Waals surface area (Å²) in [5.41, 5.74) is 2.70. The molecule has 4 atom stereocenters. The van der Waals surface area contributed by atoms with Gasteiger partial charge in [-0.25, -0.2) is 9.59 Å². The van der Waals surface area contributed by atoms with Crippen LogP contribution in [0.2, 0.25) is 0 Å². The first-order valence-corrected chi connectivity index (χ1v) is 16.6. The molecule has 0 aliphatic carbocycles. The van der Waals surface area contributed by atoms with Gasteiger partial charge in [0.1, 0.15) is 28.5 Å². The van der Waals surface area contributed by atoms with Gasteiger partial charge in [0.15, 0.2) is 11.5 Å². The van der Waals surface area contributed by atoms with E-state index in [4.69, 9.17) is 18.5 Å². The Hall–Kier alpha value is -4.63. The summed E-state index contributed by atoms with van der Waals surface area (Å²) in [6, 6.07) is 3.48. The number of fused-ring (bicyclic) bond motifs is 1. The van der Waals surface area contributed by atoms with Crippen molar-refractivity contribution in [1.29, 1.82) is 0 Å². The normalized spacial score (nSPS) is 19.7. The third-order valence-electron chi connectivity index (χ3n) is 8.65. The summed E-state index contributed by atoms with van der Waals surface area (Å²) in [7, 11) is 1.68. The summed E-state index contributed by atoms with van der Waals surface area (Å²) < 4.78 is 23.0. The molecule has 0 spiro atoms. The SMILES string of the molecule is Cc1noc(C)c1NC(=O)Nc1ccc2c(c1)C(=O)N([C@@H](C)CO)C[C@@H](C)[C@@H](CN(C)C(=O)Nc1c(C)noc1C)OCCCC[C@@H](C)O2. The molecule has 0 unspecified atom stereocenters. The lowest BCUT2D eigenvalue weighted by Crippen LogP contribution is -2.48. The molecule has 0 saturated heterocycles. The Morgan fingerprint density at radius 3 is 2.29 bits per heavy atom. The molecule has 0 fully saturated rings. The first-order valence-electron chi connectivity index (χ1n) is 16.6. The number of urea groups is 2. The number of carbonyl (C=O) groups excluding carboxylic acids is 3. The van der Waals surface area contributed by atoms with Crippen LogP contribution in [0.5, 0.6) is 5.75 Å². The van der Waals surface area contributed by atoms with Gasteiger partial charge in [-0.15, -0.1) is 0 Å². The highest BCUT2D eigenvalue weighted by molar-refractivity contribution is 6.03. The van der Waals surface area contributed by atoms with Crippen LogP contribution in [0, 0.1) is 33.6 Å². The van der Waals surface area contributed by atoms with Crippen molar-refractivity contribution >= 4 is 35.0 Å². The average Bonchev–Trinajstić information content (AvgIpc) is 3.56. The molecule has 4 rings (SSSR count). The van der Waals surface area contributed by atoms with Crippen LogP contribution in [0.15, 0.2) is 27.2 Å². The van der Waals surface area contributed by atoms with Crippen LogP contribution < -0.4 is 20.7 Å². The molecule has 1 aromatic carbocycles. The molecule has 4 N–H and O–H groups in total. The molecule has 1 aliphatic rings. The highest BCUT2D eigenvalue weighted by Crippen LogP contribution is 2.29. The smallest absolute Gasteiger partial charge is 0.323 e. The fourth-order valence-electron chi connectivity index (χ4n) is 5.62. The van der Waals surface area contributed by atoms with Crippen molar-refractivity contribution in [3.63, 3.8) is 0 Å². The van der Waals surface area contributed by atoms with Crippen LogP contribution >= 0.6 is 0 Å². The van der Waals surface area contributed by atoms with Gasteiger partial charge >= 0.3 is 12.1 Å². The van der Waals surface area contributed by atoms with Gasteiger partial charge < -0.3 is 49.4 Å². The first kappa shape index (κ1) is 37.2. The number of nitrogens with one attached hydrogen (secondary N) is 3. The minimum absolute atomic E-state index is 0.212. The van der Waals surface area contributed by atoms with Crippen LogP contribution in [0.4, 0.5) is 26.7 Å². The number of aliphatic hydroxyl groups is 1. The second-order valence-corrected chi connectivity index (χ2v) is 12.8. The van der Waals surface area contributed by atoms with Gasteiger partial charge in [0.25, 0.3) is 5.91 Å². The fraction of sp³-hybridized carbons (Fsp3) is 0.559. The number of nitrogens with zero attached hydrogens (tertiary/aromatic N) is 4. The first-order chi connectivity index (χ1) is 23.3. The highest BCUT2D eigenvalue weighted by atomic mass is 16.5. The topological polar surface area (TPSA) is 185 Å². The molecule has 1 aliphatic heterocycles. The lowest BCUT2D eigenvalue weighted by Gasteiger charge is -2.35. The molecule has 49 heavy (non-hydrogen) atoms. The number of rotatable bonds is 7. The largest absolute Gasteiger partial charge is 0.490 e. The number of amides is 5. The molecule has 3 aromatic rings. The van der Waals surface area contributed by atoms with Gasteiger partial charge in [0.2, 0.25) is 0 Å². The standard InChI is InChI=1S/C34H49N7O8/c1-19-16-41(20(2)18-42)32(43)27-15-26(35-33(44)36-30-22(4)38-48-24(30)6)12-13-28(27)47-21(3)11-9-10-14-46-29(19)17-40(8)34(45)37-31-23(5)39-49-25(31)7/h12-13,15,19-21,29,42H,9-11,14,16-18H2,1-8H3,(H,37,45)(H2,35,36,44)/t19-,20+,21-,29-/m1/s1. The van der Waals surface area contributed by atoms with Crippen LogP contribution in [0.3, 0.4) is 0 Å². The van der Waals surface area contributed by atoms with Crippen molar-refractivity contribution in [2.75, 3.05) is 49.3 Å². The molecular weight excluding hydrogens is 634 g/mol. The second-order valence-electron chi connectivity index (χ2n) is 12.8. The Morgan fingerprint density at radius 2 is 1.67 bits per heavy atom. The minimum Gasteiger partial charge on any atom is -0.490 e. The predicted molar refractivity (Wildman–Crippen MR) is 183 cm³/mol. The van der Waals surface area contributed by atoms with Gasteiger partial charge in [0, 0.05) is 38.3 Å². The Bertz CT molecular complexity index is 1570. The number of anilines is 3. The Balaban J connectivity index is 1.59. The van der Waals surface area contributed by atoms with Crippen LogP contribution in [-0.2, 0) is 4.74 Å². The molecule has 5 amide bonds. The van der Waals surface area contributed by atoms with E-state index in [1.807, 2.05) is 13.8 Å². The number of carbonyl (C=O) groups is 3. The van der Waals surface area contributed by atoms with E-state index in [9.17, 15) is 19.5 Å². The summed E-state index contributed by atoms with van der Waals surface area (Å²) in [6.45, 7) is 13.2. The van der Waals surface area contributed by atoms with Crippen molar-refractivity contribution in [1.82, 2.24) is 20.1 Å². The Kier molecular flexibility index (Phi) is 12.6. The van der Waals surface area contributed by atoms with E-state index in [1.54, 1.807) is 64.8 Å². The summed E-state index contributed by atoms with van der Waals surface area (Å²) in [6.07, 6.45) is 1.67. The maximum Gasteiger partial charge on any atom is 0.323 e. The Morgan fingerprint density at radius 1 is 1.02 bits per heavy atom. The highest BCUT2D eigenvalue weighted by Gasteiger charge is 2.31. The quantitative estimate of drug-likeness (QED) is 0.248. The van der Waals surface area contributed by atoms with E-state index < -0.39 is 18.2 Å². The van der Waals surface area contributed by atoms with Crippen molar-refractivity contribution in [2.45, 2.75) is 86.0 Å². The number of hydrogen-bond donors (Lipinski definition) is 4. The predicted octanol–water partition coefficient (Wildman–Crippen LogP) is 5.50. The number of aromatic nitrogens is 2. The molecule has 0 radical (unpaired) electrons. The van der Waals surface area contributed by atoms with Crippen LogP contribution in [0.25, 0.3) is 0 Å². The maximum absolute atomic E-state index is 14.4. The third kappa shape index (κ3) is 9.50. The van der Waals surface area contributed by atoms with Crippen LogP contribution in [0.1, 0.15) is 73.3 Å². The van der Waals surface area contributed by atoms with E-state index in [1.165, 1.54) is 4.90 Å². The Labute approximate surface area is 286 Å². The molecule has 15 heteroatoms. The zero-order valence-electron chi connectivity index (χ0n) is 29.6. The summed E-state index contributed by atoms with van der Waals surface area (Å²) >= 11 is 0. The fourth-order valence-corrected chi connectivity index (χ4v) is 5.62. The van der Waals surface area contributed by atoms with E-state index in [2.05, 4.69) is 26.3 Å². The van der Waals surface area contributed by atoms with Gasteiger partial charge in [-0.1, -0.05) is 17.2 Å². The number of benzene rings is 1. The number of hydrogen-bond acceptors (Lipinski definition) is 10. The van der Waals surface area contributed by atoms with Gasteiger partial charge in [0.05, 0.1) is 30.4 Å². The number of ether oxygens (including phenoxy) is 2. The third-order valence-corrected chi connectivity index (χ3v) is 8.65. The van der Waals surface area contributed by atoms with Crippen molar-refractivity contribution in [2.24, 2.45) is 5.92 Å². The van der Waals surface area contributed by atoms with E-state index in [-0.39, 0.29) is 49.2 Å². The van der Waals surface area contributed by atoms with E-state index in [0.717, 1.165) is 12.8 Å².